The van der Waals surface area contributed by atoms with Crippen molar-refractivity contribution in [1.29, 1.82) is 0 Å². The van der Waals surface area contributed by atoms with E-state index in [1.54, 1.807) is 0 Å². The second-order valence-electron chi connectivity index (χ2n) is 8.92. The number of hydrogen-bond acceptors (Lipinski definition) is 2. The summed E-state index contributed by atoms with van der Waals surface area (Å²) in [7, 11) is 0. The lowest BCUT2D eigenvalue weighted by Gasteiger charge is -2.12. The summed E-state index contributed by atoms with van der Waals surface area (Å²) in [5.41, 5.74) is 5.77. The zero-order valence-electron chi connectivity index (χ0n) is 18.2. The molecule has 0 aliphatic heterocycles. The first-order valence-corrected chi connectivity index (χ1v) is 11.5. The first-order chi connectivity index (χ1) is 16.8. The van der Waals surface area contributed by atoms with Crippen molar-refractivity contribution < 1.29 is 8.83 Å². The van der Waals surface area contributed by atoms with Gasteiger partial charge in [0.1, 0.15) is 11.2 Å². The Morgan fingerprint density at radius 3 is 1.62 bits per heavy atom. The summed E-state index contributed by atoms with van der Waals surface area (Å²) in [6.07, 6.45) is 0. The van der Waals surface area contributed by atoms with Gasteiger partial charge in [0.05, 0.1) is 0 Å². The number of furan rings is 2. The van der Waals surface area contributed by atoms with Gasteiger partial charge in [0.15, 0.2) is 11.2 Å². The summed E-state index contributed by atoms with van der Waals surface area (Å²) in [4.78, 5) is 0. The van der Waals surface area contributed by atoms with Gasteiger partial charge in [0, 0.05) is 21.5 Å². The molecule has 0 aliphatic rings. The SMILES string of the molecule is c1ccc2c(-c3ccc4c(c3)oc3c4ccc4c5ccccc5oc43)c3ccccc3cc2c1. The predicted octanol–water partition coefficient (Wildman–Crippen LogP) is 9.46. The molecule has 2 aromatic heterocycles. The minimum absolute atomic E-state index is 0.809. The molecule has 0 amide bonds. The van der Waals surface area contributed by atoms with Gasteiger partial charge in [-0.1, -0.05) is 72.8 Å². The average Bonchev–Trinajstić information content (AvgIpc) is 3.45. The van der Waals surface area contributed by atoms with Crippen LogP contribution < -0.4 is 0 Å². The van der Waals surface area contributed by atoms with E-state index in [-0.39, 0.29) is 0 Å². The number of para-hydroxylation sites is 1. The zero-order valence-corrected chi connectivity index (χ0v) is 18.2. The van der Waals surface area contributed by atoms with Crippen LogP contribution >= 0.6 is 0 Å². The van der Waals surface area contributed by atoms with Crippen molar-refractivity contribution >= 4 is 65.4 Å². The number of benzene rings is 6. The smallest absolute Gasteiger partial charge is 0.178 e. The molecule has 34 heavy (non-hydrogen) atoms. The van der Waals surface area contributed by atoms with Crippen LogP contribution in [0.25, 0.3) is 76.5 Å². The van der Waals surface area contributed by atoms with Gasteiger partial charge in [0.25, 0.3) is 0 Å². The molecule has 0 radical (unpaired) electrons. The van der Waals surface area contributed by atoms with Crippen molar-refractivity contribution in [3.63, 3.8) is 0 Å². The molecule has 0 unspecified atom stereocenters. The van der Waals surface area contributed by atoms with Crippen LogP contribution in [0.3, 0.4) is 0 Å². The molecular weight excluding hydrogens is 416 g/mol. The molecule has 0 atom stereocenters. The fourth-order valence-electron chi connectivity index (χ4n) is 5.50. The molecule has 0 spiro atoms. The highest BCUT2D eigenvalue weighted by molar-refractivity contribution is 6.20. The van der Waals surface area contributed by atoms with E-state index in [0.29, 0.717) is 0 Å². The quantitative estimate of drug-likeness (QED) is 0.240. The van der Waals surface area contributed by atoms with E-state index in [1.165, 1.54) is 27.1 Å². The summed E-state index contributed by atoms with van der Waals surface area (Å²) >= 11 is 0. The van der Waals surface area contributed by atoms with Crippen molar-refractivity contribution in [2.24, 2.45) is 0 Å². The summed E-state index contributed by atoms with van der Waals surface area (Å²) in [5.74, 6) is 0. The molecule has 158 valence electrons. The Labute approximate surface area is 194 Å². The second-order valence-corrected chi connectivity index (χ2v) is 8.92. The van der Waals surface area contributed by atoms with Crippen molar-refractivity contribution in [2.45, 2.75) is 0 Å². The Morgan fingerprint density at radius 1 is 0.382 bits per heavy atom. The highest BCUT2D eigenvalue weighted by Gasteiger charge is 2.17. The normalized spacial score (nSPS) is 12.1. The summed E-state index contributed by atoms with van der Waals surface area (Å²) < 4.78 is 12.7. The zero-order chi connectivity index (χ0) is 22.2. The first-order valence-electron chi connectivity index (χ1n) is 11.5. The monoisotopic (exact) mass is 434 g/mol. The average molecular weight is 434 g/mol. The maximum Gasteiger partial charge on any atom is 0.178 e. The van der Waals surface area contributed by atoms with Gasteiger partial charge in [-0.3, -0.25) is 0 Å². The predicted molar refractivity (Wildman–Crippen MR) is 141 cm³/mol. The summed E-state index contributed by atoms with van der Waals surface area (Å²) in [6.45, 7) is 0. The van der Waals surface area contributed by atoms with Crippen molar-refractivity contribution in [3.05, 3.63) is 109 Å². The minimum atomic E-state index is 0.809. The molecule has 2 heteroatoms. The lowest BCUT2D eigenvalue weighted by molar-refractivity contribution is 0.633. The van der Waals surface area contributed by atoms with E-state index >= 15 is 0 Å². The Kier molecular flexibility index (Phi) is 3.42. The van der Waals surface area contributed by atoms with Crippen LogP contribution in [0.2, 0.25) is 0 Å². The van der Waals surface area contributed by atoms with E-state index < -0.39 is 0 Å². The molecule has 0 fully saturated rings. The van der Waals surface area contributed by atoms with Crippen molar-refractivity contribution in [3.8, 4) is 11.1 Å². The van der Waals surface area contributed by atoms with Gasteiger partial charge in [-0.15, -0.1) is 0 Å². The molecule has 2 heterocycles. The lowest BCUT2D eigenvalue weighted by atomic mass is 9.92. The van der Waals surface area contributed by atoms with Gasteiger partial charge in [-0.05, 0) is 69.1 Å². The largest absolute Gasteiger partial charge is 0.452 e. The molecule has 8 aromatic rings. The highest BCUT2D eigenvalue weighted by Crippen LogP contribution is 2.41. The summed E-state index contributed by atoms with van der Waals surface area (Å²) in [6, 6.07) is 38.5. The Balaban J connectivity index is 1.46. The molecule has 8 rings (SSSR count). The van der Waals surface area contributed by atoms with E-state index in [0.717, 1.165) is 49.4 Å². The van der Waals surface area contributed by atoms with E-state index in [9.17, 15) is 0 Å². The molecule has 0 aliphatic carbocycles. The fourth-order valence-corrected chi connectivity index (χ4v) is 5.50. The van der Waals surface area contributed by atoms with Crippen LogP contribution in [-0.2, 0) is 0 Å². The molecule has 2 nitrogen and oxygen atoms in total. The molecule has 0 saturated heterocycles. The maximum absolute atomic E-state index is 6.49. The molecule has 0 N–H and O–H groups in total. The topological polar surface area (TPSA) is 26.3 Å². The van der Waals surface area contributed by atoms with Crippen LogP contribution in [0.15, 0.2) is 118 Å². The third-order valence-electron chi connectivity index (χ3n) is 7.05. The highest BCUT2D eigenvalue weighted by atomic mass is 16.4. The van der Waals surface area contributed by atoms with E-state index in [4.69, 9.17) is 8.83 Å². The number of hydrogen-bond donors (Lipinski definition) is 0. The van der Waals surface area contributed by atoms with E-state index in [1.807, 2.05) is 18.2 Å². The van der Waals surface area contributed by atoms with Gasteiger partial charge in [0.2, 0.25) is 0 Å². The van der Waals surface area contributed by atoms with Crippen molar-refractivity contribution in [1.82, 2.24) is 0 Å². The maximum atomic E-state index is 6.49. The van der Waals surface area contributed by atoms with Crippen LogP contribution in [0.4, 0.5) is 0 Å². The second kappa shape index (κ2) is 6.49. The Bertz CT molecular complexity index is 2020. The Hall–Kier alpha value is -4.56. The van der Waals surface area contributed by atoms with Crippen LogP contribution in [0, 0.1) is 0 Å². The van der Waals surface area contributed by atoms with Gasteiger partial charge >= 0.3 is 0 Å². The third kappa shape index (κ3) is 2.35. The molecular formula is C32H18O2. The third-order valence-corrected chi connectivity index (χ3v) is 7.05. The number of fused-ring (bicyclic) bond motifs is 9. The minimum Gasteiger partial charge on any atom is -0.452 e. The standard InChI is InChI=1S/C32H18O2/c1-3-9-22-19(7-1)17-20-8-2-4-10-23(20)30(22)21-13-14-25-27-16-15-26-24-11-5-6-12-28(24)33-31(26)32(27)34-29(25)18-21/h1-18H. The molecule has 0 bridgehead atoms. The van der Waals surface area contributed by atoms with Crippen molar-refractivity contribution in [2.75, 3.05) is 0 Å². The fraction of sp³-hybridized carbons (Fsp3) is 0. The van der Waals surface area contributed by atoms with Crippen LogP contribution in [0.1, 0.15) is 0 Å². The number of rotatable bonds is 1. The summed E-state index contributed by atoms with van der Waals surface area (Å²) in [5, 5.41) is 9.36. The molecule has 0 saturated carbocycles. The molecule has 6 aromatic carbocycles. The van der Waals surface area contributed by atoms with Crippen LogP contribution in [0.5, 0.6) is 0 Å². The van der Waals surface area contributed by atoms with Crippen LogP contribution in [-0.4, -0.2) is 0 Å². The lowest BCUT2D eigenvalue weighted by Crippen LogP contribution is -1.85. The van der Waals surface area contributed by atoms with Gasteiger partial charge in [-0.2, -0.15) is 0 Å². The van der Waals surface area contributed by atoms with E-state index in [2.05, 4.69) is 91.0 Å². The Morgan fingerprint density at radius 2 is 0.912 bits per heavy atom. The van der Waals surface area contributed by atoms with Gasteiger partial charge in [-0.25, -0.2) is 0 Å². The van der Waals surface area contributed by atoms with Gasteiger partial charge < -0.3 is 8.83 Å². The first kappa shape index (κ1) is 17.9.